The van der Waals surface area contributed by atoms with Crippen LogP contribution in [0, 0.1) is 6.92 Å². The molecule has 0 saturated carbocycles. The number of hydrogen-bond donors (Lipinski definition) is 2. The van der Waals surface area contributed by atoms with Gasteiger partial charge in [0.1, 0.15) is 24.1 Å². The van der Waals surface area contributed by atoms with Crippen molar-refractivity contribution in [2.45, 2.75) is 39.0 Å². The van der Waals surface area contributed by atoms with E-state index in [9.17, 15) is 9.59 Å². The van der Waals surface area contributed by atoms with E-state index in [1.54, 1.807) is 19.1 Å². The SMILES string of the molecule is Cc1cccc(COc2ccc(/C=N\NC(=O)[C@@H](Cc3ccccc3)NC(=O)[C@@H](C)Oc3ccc(Cl)cc3Cl)cc2)c1. The molecule has 0 heterocycles. The van der Waals surface area contributed by atoms with Crippen LogP contribution in [0.4, 0.5) is 0 Å². The molecule has 0 saturated heterocycles. The molecule has 0 aliphatic carbocycles. The van der Waals surface area contributed by atoms with Crippen molar-refractivity contribution in [3.8, 4) is 11.5 Å². The quantitative estimate of drug-likeness (QED) is 0.142. The van der Waals surface area contributed by atoms with Gasteiger partial charge in [0.15, 0.2) is 6.10 Å². The fourth-order valence-electron chi connectivity index (χ4n) is 4.03. The van der Waals surface area contributed by atoms with Crippen LogP contribution < -0.4 is 20.2 Å². The van der Waals surface area contributed by atoms with Gasteiger partial charge in [-0.1, -0.05) is 83.4 Å². The van der Waals surface area contributed by atoms with Crippen LogP contribution in [0.5, 0.6) is 11.5 Å². The van der Waals surface area contributed by atoms with Gasteiger partial charge in [-0.2, -0.15) is 5.10 Å². The summed E-state index contributed by atoms with van der Waals surface area (Å²) in [5.41, 5.74) is 6.45. The van der Waals surface area contributed by atoms with Crippen molar-refractivity contribution in [3.63, 3.8) is 0 Å². The van der Waals surface area contributed by atoms with E-state index in [0.717, 1.165) is 22.4 Å². The largest absolute Gasteiger partial charge is 0.489 e. The van der Waals surface area contributed by atoms with E-state index < -0.39 is 24.0 Å². The van der Waals surface area contributed by atoms with Gasteiger partial charge in [-0.25, -0.2) is 5.43 Å². The van der Waals surface area contributed by atoms with E-state index in [4.69, 9.17) is 32.7 Å². The molecule has 0 aliphatic rings. The lowest BCUT2D eigenvalue weighted by atomic mass is 10.1. The summed E-state index contributed by atoms with van der Waals surface area (Å²) in [4.78, 5) is 26.1. The summed E-state index contributed by atoms with van der Waals surface area (Å²) in [5, 5.41) is 7.60. The molecule has 216 valence electrons. The first-order chi connectivity index (χ1) is 20.3. The molecule has 0 aromatic heterocycles. The molecule has 0 unspecified atom stereocenters. The summed E-state index contributed by atoms with van der Waals surface area (Å²) < 4.78 is 11.6. The third-order valence-electron chi connectivity index (χ3n) is 6.24. The van der Waals surface area contributed by atoms with Gasteiger partial charge in [0.25, 0.3) is 11.8 Å². The molecule has 4 aromatic carbocycles. The van der Waals surface area contributed by atoms with Crippen LogP contribution >= 0.6 is 23.2 Å². The average Bonchev–Trinajstić information content (AvgIpc) is 2.98. The van der Waals surface area contributed by atoms with Crippen LogP contribution in [0.25, 0.3) is 0 Å². The second-order valence-electron chi connectivity index (χ2n) is 9.67. The molecule has 2 amide bonds. The predicted octanol–water partition coefficient (Wildman–Crippen LogP) is 6.53. The highest BCUT2D eigenvalue weighted by Gasteiger charge is 2.25. The van der Waals surface area contributed by atoms with Gasteiger partial charge in [0.2, 0.25) is 0 Å². The number of nitrogens with one attached hydrogen (secondary N) is 2. The monoisotopic (exact) mass is 603 g/mol. The Hall–Kier alpha value is -4.33. The number of benzene rings is 4. The summed E-state index contributed by atoms with van der Waals surface area (Å²) in [6.45, 7) is 4.09. The molecule has 42 heavy (non-hydrogen) atoms. The van der Waals surface area contributed by atoms with E-state index in [1.807, 2.05) is 79.7 Å². The maximum Gasteiger partial charge on any atom is 0.262 e. The summed E-state index contributed by atoms with van der Waals surface area (Å²) in [7, 11) is 0. The van der Waals surface area contributed by atoms with Gasteiger partial charge < -0.3 is 14.8 Å². The smallest absolute Gasteiger partial charge is 0.262 e. The maximum atomic E-state index is 13.1. The second-order valence-corrected chi connectivity index (χ2v) is 10.5. The van der Waals surface area contributed by atoms with Crippen molar-refractivity contribution in [1.82, 2.24) is 10.7 Å². The van der Waals surface area contributed by atoms with Gasteiger partial charge in [0.05, 0.1) is 11.2 Å². The molecule has 7 nitrogen and oxygen atoms in total. The zero-order valence-electron chi connectivity index (χ0n) is 23.2. The second kappa shape index (κ2) is 15.1. The molecule has 0 radical (unpaired) electrons. The summed E-state index contributed by atoms with van der Waals surface area (Å²) >= 11 is 12.1. The first-order valence-corrected chi connectivity index (χ1v) is 14.1. The van der Waals surface area contributed by atoms with Gasteiger partial charge >= 0.3 is 0 Å². The van der Waals surface area contributed by atoms with Gasteiger partial charge in [-0.15, -0.1) is 0 Å². The lowest BCUT2D eigenvalue weighted by molar-refractivity contribution is -0.132. The maximum absolute atomic E-state index is 13.1. The van der Waals surface area contributed by atoms with Crippen molar-refractivity contribution in [3.05, 3.63) is 129 Å². The number of hydrazone groups is 1. The molecule has 2 N–H and O–H groups in total. The summed E-state index contributed by atoms with van der Waals surface area (Å²) in [6, 6.07) is 28.7. The number of amides is 2. The minimum atomic E-state index is -0.926. The Bertz CT molecular complexity index is 1530. The van der Waals surface area contributed by atoms with Crippen molar-refractivity contribution >= 4 is 41.2 Å². The predicted molar refractivity (Wildman–Crippen MR) is 166 cm³/mol. The average molecular weight is 605 g/mol. The van der Waals surface area contributed by atoms with E-state index in [1.165, 1.54) is 17.8 Å². The highest BCUT2D eigenvalue weighted by atomic mass is 35.5. The molecule has 0 spiro atoms. The topological polar surface area (TPSA) is 89.0 Å². The van der Waals surface area contributed by atoms with E-state index in [-0.39, 0.29) is 11.4 Å². The zero-order valence-corrected chi connectivity index (χ0v) is 24.7. The molecular weight excluding hydrogens is 573 g/mol. The number of carbonyl (C=O) groups is 2. The van der Waals surface area contributed by atoms with Crippen molar-refractivity contribution in [2.24, 2.45) is 5.10 Å². The fraction of sp³-hybridized carbons (Fsp3) is 0.182. The molecule has 9 heteroatoms. The van der Waals surface area contributed by atoms with E-state index in [2.05, 4.69) is 21.9 Å². The number of ether oxygens (including phenoxy) is 2. The number of carbonyl (C=O) groups excluding carboxylic acids is 2. The Kier molecular flexibility index (Phi) is 11.0. The van der Waals surface area contributed by atoms with Crippen LogP contribution in [0.3, 0.4) is 0 Å². The Morgan fingerprint density at radius 2 is 1.62 bits per heavy atom. The van der Waals surface area contributed by atoms with Gasteiger partial charge in [-0.3, -0.25) is 9.59 Å². The lowest BCUT2D eigenvalue weighted by Crippen LogP contribution is -2.50. The molecule has 2 atom stereocenters. The molecular formula is C33H31Cl2N3O4. The van der Waals surface area contributed by atoms with E-state index >= 15 is 0 Å². The number of rotatable bonds is 12. The van der Waals surface area contributed by atoms with Crippen LogP contribution in [-0.2, 0) is 22.6 Å². The number of nitrogens with zero attached hydrogens (tertiary/aromatic N) is 1. The molecule has 0 aliphatic heterocycles. The van der Waals surface area contributed by atoms with Crippen molar-refractivity contribution in [1.29, 1.82) is 0 Å². The lowest BCUT2D eigenvalue weighted by Gasteiger charge is -2.21. The molecule has 4 rings (SSSR count). The Labute approximate surface area is 255 Å². The first kappa shape index (κ1) is 30.6. The number of hydrogen-bond acceptors (Lipinski definition) is 5. The number of halogens is 2. The Morgan fingerprint density at radius 3 is 2.33 bits per heavy atom. The summed E-state index contributed by atoms with van der Waals surface area (Å²) in [5.74, 6) is 0.0733. The normalized spacial score (nSPS) is 12.4. The zero-order chi connectivity index (χ0) is 29.9. The fourth-order valence-corrected chi connectivity index (χ4v) is 4.48. The highest BCUT2D eigenvalue weighted by Crippen LogP contribution is 2.28. The third-order valence-corrected chi connectivity index (χ3v) is 6.77. The van der Waals surface area contributed by atoms with Crippen molar-refractivity contribution in [2.75, 3.05) is 0 Å². The molecule has 0 fully saturated rings. The minimum absolute atomic E-state index is 0.259. The Balaban J connectivity index is 1.35. The number of aryl methyl sites for hydroxylation is 1. The molecule has 4 aromatic rings. The first-order valence-electron chi connectivity index (χ1n) is 13.3. The van der Waals surface area contributed by atoms with Crippen LogP contribution in [0.2, 0.25) is 10.0 Å². The molecule has 0 bridgehead atoms. The van der Waals surface area contributed by atoms with Crippen molar-refractivity contribution < 1.29 is 19.1 Å². The highest BCUT2D eigenvalue weighted by molar-refractivity contribution is 6.35. The summed E-state index contributed by atoms with van der Waals surface area (Å²) in [6.07, 6.45) is 0.859. The van der Waals surface area contributed by atoms with E-state index in [0.29, 0.717) is 17.4 Å². The van der Waals surface area contributed by atoms with Gasteiger partial charge in [0, 0.05) is 11.4 Å². The standard InChI is InChI=1S/C33H31Cl2N3O4/c1-22-7-6-10-26(17-22)21-41-28-14-11-25(12-15-28)20-36-38-33(40)30(18-24-8-4-3-5-9-24)37-32(39)23(2)42-31-16-13-27(34)19-29(31)35/h3-17,19-20,23,30H,18,21H2,1-2H3,(H,37,39)(H,38,40)/b36-20-/t23-,30-/m1/s1. The Morgan fingerprint density at radius 1 is 0.881 bits per heavy atom. The van der Waals surface area contributed by atoms with Crippen LogP contribution in [0.1, 0.15) is 29.2 Å². The minimum Gasteiger partial charge on any atom is -0.489 e. The van der Waals surface area contributed by atoms with Crippen LogP contribution in [0.15, 0.2) is 102 Å². The van der Waals surface area contributed by atoms with Crippen LogP contribution in [-0.4, -0.2) is 30.2 Å². The third kappa shape index (κ3) is 9.36. The van der Waals surface area contributed by atoms with Gasteiger partial charge in [-0.05, 0) is 73.0 Å².